The SMILES string of the molecule is COC(=O)C1C(=O)N(C(C)=O)CC1c1ccccc1. The number of amides is 2. The first-order valence-electron chi connectivity index (χ1n) is 6.01. The Morgan fingerprint density at radius 2 is 1.89 bits per heavy atom. The van der Waals surface area contributed by atoms with Crippen molar-refractivity contribution in [1.29, 1.82) is 0 Å². The molecule has 1 heterocycles. The minimum absolute atomic E-state index is 0.220. The van der Waals surface area contributed by atoms with Gasteiger partial charge in [-0.25, -0.2) is 0 Å². The molecule has 2 atom stereocenters. The molecular formula is C14H15NO4. The normalized spacial score (nSPS) is 22.4. The van der Waals surface area contributed by atoms with Gasteiger partial charge < -0.3 is 4.74 Å². The highest BCUT2D eigenvalue weighted by Crippen LogP contribution is 2.34. The summed E-state index contributed by atoms with van der Waals surface area (Å²) in [4.78, 5) is 36.5. The van der Waals surface area contributed by atoms with Gasteiger partial charge in [-0.3, -0.25) is 19.3 Å². The predicted molar refractivity (Wildman–Crippen MR) is 67.1 cm³/mol. The average Bonchev–Trinajstić information content (AvgIpc) is 2.77. The quantitative estimate of drug-likeness (QED) is 0.587. The van der Waals surface area contributed by atoms with Gasteiger partial charge >= 0.3 is 5.97 Å². The number of hydrogen-bond donors (Lipinski definition) is 0. The summed E-state index contributed by atoms with van der Waals surface area (Å²) in [6.45, 7) is 1.54. The van der Waals surface area contributed by atoms with Gasteiger partial charge in [0.25, 0.3) is 0 Å². The van der Waals surface area contributed by atoms with Crippen molar-refractivity contribution in [3.05, 3.63) is 35.9 Å². The van der Waals surface area contributed by atoms with Crippen LogP contribution in [0.4, 0.5) is 0 Å². The number of rotatable bonds is 2. The average molecular weight is 261 g/mol. The molecule has 0 aliphatic carbocycles. The number of methoxy groups -OCH3 is 1. The second kappa shape index (κ2) is 5.22. The highest BCUT2D eigenvalue weighted by atomic mass is 16.5. The summed E-state index contributed by atoms with van der Waals surface area (Å²) in [7, 11) is 1.24. The van der Waals surface area contributed by atoms with Crippen LogP contribution in [0.25, 0.3) is 0 Å². The summed E-state index contributed by atoms with van der Waals surface area (Å²) in [6, 6.07) is 9.22. The van der Waals surface area contributed by atoms with E-state index in [4.69, 9.17) is 0 Å². The van der Waals surface area contributed by atoms with Gasteiger partial charge in [0.1, 0.15) is 5.92 Å². The lowest BCUT2D eigenvalue weighted by Crippen LogP contribution is -2.34. The molecule has 0 aromatic heterocycles. The molecule has 0 saturated carbocycles. The van der Waals surface area contributed by atoms with Crippen molar-refractivity contribution in [3.63, 3.8) is 0 Å². The zero-order chi connectivity index (χ0) is 14.0. The van der Waals surface area contributed by atoms with Gasteiger partial charge in [-0.15, -0.1) is 0 Å². The first-order chi connectivity index (χ1) is 9.06. The van der Waals surface area contributed by atoms with Crippen LogP contribution in [0.5, 0.6) is 0 Å². The van der Waals surface area contributed by atoms with Crippen molar-refractivity contribution in [2.75, 3.05) is 13.7 Å². The molecule has 1 aromatic carbocycles. The monoisotopic (exact) mass is 261 g/mol. The van der Waals surface area contributed by atoms with Gasteiger partial charge in [0.2, 0.25) is 11.8 Å². The van der Waals surface area contributed by atoms with Crippen molar-refractivity contribution in [3.8, 4) is 0 Å². The number of carbonyl (C=O) groups is 3. The molecule has 0 spiro atoms. The molecule has 1 aromatic rings. The zero-order valence-corrected chi connectivity index (χ0v) is 10.8. The molecule has 1 aliphatic rings. The molecule has 1 fully saturated rings. The van der Waals surface area contributed by atoms with E-state index in [-0.39, 0.29) is 18.4 Å². The van der Waals surface area contributed by atoms with Crippen LogP contribution < -0.4 is 0 Å². The highest BCUT2D eigenvalue weighted by Gasteiger charge is 2.47. The lowest BCUT2D eigenvalue weighted by molar-refractivity contribution is -0.152. The first-order valence-corrected chi connectivity index (χ1v) is 6.01. The molecule has 2 unspecified atom stereocenters. The molecular weight excluding hydrogens is 246 g/mol. The third-order valence-corrected chi connectivity index (χ3v) is 3.38. The maximum Gasteiger partial charge on any atom is 0.318 e. The second-order valence-corrected chi connectivity index (χ2v) is 4.49. The number of carbonyl (C=O) groups excluding carboxylic acids is 3. The van der Waals surface area contributed by atoms with Gasteiger partial charge in [-0.2, -0.15) is 0 Å². The van der Waals surface area contributed by atoms with Crippen LogP contribution in [-0.4, -0.2) is 36.3 Å². The van der Waals surface area contributed by atoms with E-state index >= 15 is 0 Å². The van der Waals surface area contributed by atoms with Gasteiger partial charge in [0.05, 0.1) is 7.11 Å². The molecule has 5 nitrogen and oxygen atoms in total. The van der Waals surface area contributed by atoms with Crippen molar-refractivity contribution in [2.24, 2.45) is 5.92 Å². The minimum atomic E-state index is -0.934. The molecule has 2 amide bonds. The van der Waals surface area contributed by atoms with E-state index in [1.54, 1.807) is 0 Å². The molecule has 5 heteroatoms. The van der Waals surface area contributed by atoms with Crippen LogP contribution in [-0.2, 0) is 19.1 Å². The Kier molecular flexibility index (Phi) is 3.64. The summed E-state index contributed by atoms with van der Waals surface area (Å²) in [6.07, 6.45) is 0. The molecule has 100 valence electrons. The Labute approximate surface area is 111 Å². The van der Waals surface area contributed by atoms with Crippen LogP contribution in [0.1, 0.15) is 18.4 Å². The lowest BCUT2D eigenvalue weighted by Gasteiger charge is -2.14. The Balaban J connectivity index is 2.38. The van der Waals surface area contributed by atoms with E-state index in [1.807, 2.05) is 30.3 Å². The second-order valence-electron chi connectivity index (χ2n) is 4.49. The van der Waals surface area contributed by atoms with E-state index in [0.717, 1.165) is 10.5 Å². The molecule has 0 radical (unpaired) electrons. The van der Waals surface area contributed by atoms with Crippen LogP contribution in [0.15, 0.2) is 30.3 Å². The molecule has 2 rings (SSSR count). The summed E-state index contributed by atoms with van der Waals surface area (Å²) < 4.78 is 4.69. The summed E-state index contributed by atoms with van der Waals surface area (Å²) in [5.74, 6) is -2.70. The zero-order valence-electron chi connectivity index (χ0n) is 10.8. The van der Waals surface area contributed by atoms with Crippen LogP contribution in [0.3, 0.4) is 0 Å². The third kappa shape index (κ3) is 2.36. The number of nitrogens with zero attached hydrogens (tertiary/aromatic N) is 1. The Morgan fingerprint density at radius 3 is 2.42 bits per heavy atom. The maximum absolute atomic E-state index is 12.1. The first kappa shape index (κ1) is 13.3. The predicted octanol–water partition coefficient (Wildman–Crippen LogP) is 0.948. The number of ether oxygens (including phenoxy) is 1. The number of hydrogen-bond acceptors (Lipinski definition) is 4. The third-order valence-electron chi connectivity index (χ3n) is 3.38. The van der Waals surface area contributed by atoms with E-state index < -0.39 is 17.8 Å². The van der Waals surface area contributed by atoms with Crippen LogP contribution in [0.2, 0.25) is 0 Å². The Hall–Kier alpha value is -2.17. The maximum atomic E-state index is 12.1. The fourth-order valence-electron chi connectivity index (χ4n) is 2.41. The number of esters is 1. The lowest BCUT2D eigenvalue weighted by atomic mass is 9.89. The van der Waals surface area contributed by atoms with Gasteiger partial charge in [-0.05, 0) is 5.56 Å². The molecule has 1 saturated heterocycles. The van der Waals surface area contributed by atoms with E-state index in [1.165, 1.54) is 14.0 Å². The summed E-state index contributed by atoms with van der Waals surface area (Å²) in [5.41, 5.74) is 0.856. The van der Waals surface area contributed by atoms with Gasteiger partial charge in [0.15, 0.2) is 0 Å². The smallest absolute Gasteiger partial charge is 0.318 e. The van der Waals surface area contributed by atoms with Crippen molar-refractivity contribution >= 4 is 17.8 Å². The Bertz CT molecular complexity index is 511. The summed E-state index contributed by atoms with van der Waals surface area (Å²) in [5, 5.41) is 0. The van der Waals surface area contributed by atoms with Crippen molar-refractivity contribution < 1.29 is 19.1 Å². The topological polar surface area (TPSA) is 63.7 Å². The summed E-state index contributed by atoms with van der Waals surface area (Å²) >= 11 is 0. The minimum Gasteiger partial charge on any atom is -0.468 e. The molecule has 19 heavy (non-hydrogen) atoms. The van der Waals surface area contributed by atoms with Crippen molar-refractivity contribution in [1.82, 2.24) is 4.90 Å². The number of likely N-dealkylation sites (tertiary alicyclic amines) is 1. The Morgan fingerprint density at radius 1 is 1.26 bits per heavy atom. The highest BCUT2D eigenvalue weighted by molar-refractivity contribution is 6.07. The standard InChI is InChI=1S/C14H15NO4/c1-9(16)15-8-11(10-6-4-3-5-7-10)12(13(15)17)14(18)19-2/h3-7,11-12H,8H2,1-2H3. The van der Waals surface area contributed by atoms with Gasteiger partial charge in [0, 0.05) is 19.4 Å². The van der Waals surface area contributed by atoms with Crippen LogP contribution in [0, 0.1) is 5.92 Å². The van der Waals surface area contributed by atoms with Gasteiger partial charge in [-0.1, -0.05) is 30.3 Å². The molecule has 1 aliphatic heterocycles. The fourth-order valence-corrected chi connectivity index (χ4v) is 2.41. The van der Waals surface area contributed by atoms with E-state index in [9.17, 15) is 14.4 Å². The number of benzene rings is 1. The fraction of sp³-hybridized carbons (Fsp3) is 0.357. The number of imide groups is 1. The van der Waals surface area contributed by atoms with Crippen molar-refractivity contribution in [2.45, 2.75) is 12.8 Å². The molecule has 0 N–H and O–H groups in total. The largest absolute Gasteiger partial charge is 0.468 e. The van der Waals surface area contributed by atoms with E-state index in [2.05, 4.69) is 4.74 Å². The van der Waals surface area contributed by atoms with Crippen LogP contribution >= 0.6 is 0 Å². The van der Waals surface area contributed by atoms with E-state index in [0.29, 0.717) is 0 Å². The molecule has 0 bridgehead atoms.